The second-order valence-corrected chi connectivity index (χ2v) is 5.53. The van der Waals surface area contributed by atoms with Gasteiger partial charge in [-0.2, -0.15) is 0 Å². The number of ether oxygens (including phenoxy) is 1. The summed E-state index contributed by atoms with van der Waals surface area (Å²) in [5, 5.41) is 0.787. The third-order valence-electron chi connectivity index (χ3n) is 3.68. The minimum Gasteiger partial charge on any atom is -0.462 e. The lowest BCUT2D eigenvalue weighted by Crippen LogP contribution is -2.21. The van der Waals surface area contributed by atoms with Crippen LogP contribution in [0.1, 0.15) is 41.7 Å². The Morgan fingerprint density at radius 2 is 2.24 bits per heavy atom. The van der Waals surface area contributed by atoms with Gasteiger partial charge in [0.05, 0.1) is 17.5 Å². The van der Waals surface area contributed by atoms with Gasteiger partial charge in [-0.15, -0.1) is 0 Å². The van der Waals surface area contributed by atoms with Crippen molar-refractivity contribution in [1.82, 2.24) is 9.55 Å². The molecule has 1 fully saturated rings. The number of rotatable bonds is 3. The van der Waals surface area contributed by atoms with Crippen molar-refractivity contribution in [2.24, 2.45) is 0 Å². The van der Waals surface area contributed by atoms with Gasteiger partial charge >= 0.3 is 5.97 Å². The highest BCUT2D eigenvalue weighted by atomic mass is 35.5. The van der Waals surface area contributed by atoms with Crippen molar-refractivity contribution < 1.29 is 9.53 Å². The first-order valence-corrected chi connectivity index (χ1v) is 7.29. The van der Waals surface area contributed by atoms with Crippen LogP contribution < -0.4 is 5.43 Å². The third-order valence-corrected chi connectivity index (χ3v) is 4.06. The molecule has 0 radical (unpaired) electrons. The highest BCUT2D eigenvalue weighted by Crippen LogP contribution is 2.38. The number of carbonyl (C=O) groups is 1. The maximum absolute atomic E-state index is 12.5. The first kappa shape index (κ1) is 14.1. The van der Waals surface area contributed by atoms with Crippen LogP contribution in [0.2, 0.25) is 5.15 Å². The molecule has 5 nitrogen and oxygen atoms in total. The summed E-state index contributed by atoms with van der Waals surface area (Å²) in [6, 6.07) is 0.304. The van der Waals surface area contributed by atoms with Gasteiger partial charge in [0.15, 0.2) is 0 Å². The van der Waals surface area contributed by atoms with E-state index in [1.165, 1.54) is 6.20 Å². The number of pyridine rings is 2. The van der Waals surface area contributed by atoms with Crippen LogP contribution in [0.15, 0.2) is 17.2 Å². The molecular formula is C15H15ClN2O3. The minimum atomic E-state index is -0.591. The molecule has 0 aromatic carbocycles. The van der Waals surface area contributed by atoms with Crippen molar-refractivity contribution in [3.05, 3.63) is 38.9 Å². The summed E-state index contributed by atoms with van der Waals surface area (Å²) < 4.78 is 6.93. The molecule has 0 unspecified atom stereocenters. The van der Waals surface area contributed by atoms with Crippen molar-refractivity contribution in [3.63, 3.8) is 0 Å². The molecule has 0 spiro atoms. The number of esters is 1. The summed E-state index contributed by atoms with van der Waals surface area (Å²) in [5.74, 6) is -0.591. The molecular weight excluding hydrogens is 292 g/mol. The summed E-state index contributed by atoms with van der Waals surface area (Å²) in [7, 11) is 0. The van der Waals surface area contributed by atoms with E-state index in [2.05, 4.69) is 4.98 Å². The number of hydrogen-bond donors (Lipinski definition) is 0. The fourth-order valence-electron chi connectivity index (χ4n) is 2.48. The zero-order valence-electron chi connectivity index (χ0n) is 11.9. The van der Waals surface area contributed by atoms with E-state index in [0.29, 0.717) is 16.6 Å². The van der Waals surface area contributed by atoms with Crippen LogP contribution in [0.25, 0.3) is 10.9 Å². The number of aryl methyl sites for hydroxylation is 1. The SMILES string of the molecule is CCOC(=O)c1cn(C2CC2)c2c(C)c(Cl)ncc2c1=O. The van der Waals surface area contributed by atoms with Gasteiger partial charge < -0.3 is 9.30 Å². The van der Waals surface area contributed by atoms with Crippen LogP contribution in [0, 0.1) is 6.92 Å². The van der Waals surface area contributed by atoms with E-state index >= 15 is 0 Å². The standard InChI is InChI=1S/C15H15ClN2O3/c1-3-21-15(20)11-7-18(9-4-5-9)12-8(2)14(16)17-6-10(12)13(11)19/h6-7,9H,3-5H2,1-2H3. The molecule has 1 saturated carbocycles. The molecule has 110 valence electrons. The Balaban J connectivity index is 2.34. The molecule has 6 heteroatoms. The summed E-state index contributed by atoms with van der Waals surface area (Å²) in [6.45, 7) is 3.78. The molecule has 2 aromatic heterocycles. The summed E-state index contributed by atoms with van der Waals surface area (Å²) in [6.07, 6.45) is 5.09. The van der Waals surface area contributed by atoms with Gasteiger partial charge in [-0.05, 0) is 26.7 Å². The first-order valence-electron chi connectivity index (χ1n) is 6.91. The van der Waals surface area contributed by atoms with Crippen LogP contribution in [-0.4, -0.2) is 22.1 Å². The molecule has 0 atom stereocenters. The molecule has 0 bridgehead atoms. The lowest BCUT2D eigenvalue weighted by Gasteiger charge is -2.14. The van der Waals surface area contributed by atoms with Gasteiger partial charge in [-0.3, -0.25) is 4.79 Å². The molecule has 1 aliphatic carbocycles. The maximum Gasteiger partial charge on any atom is 0.343 e. The largest absolute Gasteiger partial charge is 0.462 e. The van der Waals surface area contributed by atoms with E-state index in [1.54, 1.807) is 13.1 Å². The van der Waals surface area contributed by atoms with E-state index < -0.39 is 5.97 Å². The quantitative estimate of drug-likeness (QED) is 0.646. The van der Waals surface area contributed by atoms with Gasteiger partial charge in [0.25, 0.3) is 0 Å². The average Bonchev–Trinajstić information content (AvgIpc) is 3.28. The van der Waals surface area contributed by atoms with Crippen molar-refractivity contribution in [2.45, 2.75) is 32.7 Å². The topological polar surface area (TPSA) is 61.2 Å². The number of halogens is 1. The van der Waals surface area contributed by atoms with Crippen LogP contribution >= 0.6 is 11.6 Å². The number of nitrogens with zero attached hydrogens (tertiary/aromatic N) is 2. The Hall–Kier alpha value is -1.88. The predicted octanol–water partition coefficient (Wildman–Crippen LogP) is 2.87. The van der Waals surface area contributed by atoms with Crippen molar-refractivity contribution in [2.75, 3.05) is 6.61 Å². The van der Waals surface area contributed by atoms with E-state index in [9.17, 15) is 9.59 Å². The molecule has 2 heterocycles. The molecule has 3 rings (SSSR count). The number of carbonyl (C=O) groups excluding carboxylic acids is 1. The van der Waals surface area contributed by atoms with Crippen molar-refractivity contribution in [3.8, 4) is 0 Å². The maximum atomic E-state index is 12.5. The van der Waals surface area contributed by atoms with Crippen LogP contribution in [0.3, 0.4) is 0 Å². The van der Waals surface area contributed by atoms with Gasteiger partial charge in [0, 0.05) is 24.0 Å². The average molecular weight is 307 g/mol. The smallest absolute Gasteiger partial charge is 0.343 e. The molecule has 0 amide bonds. The Morgan fingerprint density at radius 3 is 2.86 bits per heavy atom. The normalized spacial score (nSPS) is 14.4. The fourth-order valence-corrected chi connectivity index (χ4v) is 2.62. The Labute approximate surface area is 126 Å². The number of fused-ring (bicyclic) bond motifs is 1. The van der Waals surface area contributed by atoms with Gasteiger partial charge in [-0.25, -0.2) is 9.78 Å². The highest BCUT2D eigenvalue weighted by Gasteiger charge is 2.28. The Morgan fingerprint density at radius 1 is 1.52 bits per heavy atom. The summed E-state index contributed by atoms with van der Waals surface area (Å²) >= 11 is 6.07. The number of hydrogen-bond acceptors (Lipinski definition) is 4. The monoisotopic (exact) mass is 306 g/mol. The molecule has 0 N–H and O–H groups in total. The fraction of sp³-hybridized carbons (Fsp3) is 0.400. The third kappa shape index (κ3) is 2.31. The lowest BCUT2D eigenvalue weighted by molar-refractivity contribution is 0.0524. The van der Waals surface area contributed by atoms with Crippen molar-refractivity contribution in [1.29, 1.82) is 0 Å². The number of aromatic nitrogens is 2. The second kappa shape index (κ2) is 5.15. The Kier molecular flexibility index (Phi) is 3.45. The predicted molar refractivity (Wildman–Crippen MR) is 80.0 cm³/mol. The molecule has 0 saturated heterocycles. The van der Waals surface area contributed by atoms with E-state index in [4.69, 9.17) is 16.3 Å². The van der Waals surface area contributed by atoms with Crippen LogP contribution in [0.5, 0.6) is 0 Å². The molecule has 0 aliphatic heterocycles. The van der Waals surface area contributed by atoms with E-state index in [1.807, 2.05) is 11.5 Å². The minimum absolute atomic E-state index is 0.0553. The van der Waals surface area contributed by atoms with Crippen LogP contribution in [0.4, 0.5) is 0 Å². The van der Waals surface area contributed by atoms with Gasteiger partial charge in [0.2, 0.25) is 5.43 Å². The van der Waals surface area contributed by atoms with Crippen molar-refractivity contribution >= 4 is 28.5 Å². The van der Waals surface area contributed by atoms with E-state index in [-0.39, 0.29) is 17.6 Å². The van der Waals surface area contributed by atoms with E-state index in [0.717, 1.165) is 23.9 Å². The van der Waals surface area contributed by atoms with Crippen LogP contribution in [-0.2, 0) is 4.74 Å². The van der Waals surface area contributed by atoms with Gasteiger partial charge in [0.1, 0.15) is 10.7 Å². The molecule has 1 aliphatic rings. The first-order chi connectivity index (χ1) is 10.0. The molecule has 21 heavy (non-hydrogen) atoms. The lowest BCUT2D eigenvalue weighted by atomic mass is 10.1. The highest BCUT2D eigenvalue weighted by molar-refractivity contribution is 6.30. The zero-order chi connectivity index (χ0) is 15.1. The summed E-state index contributed by atoms with van der Waals surface area (Å²) in [5.41, 5.74) is 1.22. The van der Waals surface area contributed by atoms with Gasteiger partial charge in [-0.1, -0.05) is 11.6 Å². The second-order valence-electron chi connectivity index (χ2n) is 5.17. The Bertz CT molecular complexity index is 794. The zero-order valence-corrected chi connectivity index (χ0v) is 12.6. The molecule has 2 aromatic rings. The summed E-state index contributed by atoms with van der Waals surface area (Å²) in [4.78, 5) is 28.5.